The number of rotatable bonds is 5. The number of carbonyl (C=O) groups excluding carboxylic acids is 3. The molecule has 0 bridgehead atoms. The van der Waals surface area contributed by atoms with Crippen LogP contribution < -0.4 is 10.9 Å². The molecule has 0 saturated carbocycles. The lowest BCUT2D eigenvalue weighted by molar-refractivity contribution is -0.137. The molecule has 0 aliphatic rings. The van der Waals surface area contributed by atoms with E-state index < -0.39 is 11.9 Å². The van der Waals surface area contributed by atoms with E-state index in [0.717, 1.165) is 17.7 Å². The third-order valence-corrected chi connectivity index (χ3v) is 2.19. The van der Waals surface area contributed by atoms with Crippen LogP contribution in [0.15, 0.2) is 42.5 Å². The normalized spacial score (nSPS) is 10.1. The molecule has 0 spiro atoms. The van der Waals surface area contributed by atoms with Crippen LogP contribution in [-0.2, 0) is 25.5 Å². The molecule has 0 aromatic heterocycles. The first-order valence-electron chi connectivity index (χ1n) is 6.09. The number of amides is 2. The third-order valence-electron chi connectivity index (χ3n) is 2.19. The molecule has 106 valence electrons. The zero-order valence-corrected chi connectivity index (χ0v) is 11.1. The maximum absolute atomic E-state index is 11.5. The Morgan fingerprint density at radius 3 is 2.45 bits per heavy atom. The summed E-state index contributed by atoms with van der Waals surface area (Å²) in [6.07, 6.45) is 2.13. The van der Waals surface area contributed by atoms with Crippen LogP contribution in [-0.4, -0.2) is 24.4 Å². The van der Waals surface area contributed by atoms with Gasteiger partial charge in [0, 0.05) is 12.2 Å². The summed E-state index contributed by atoms with van der Waals surface area (Å²) in [5, 5.41) is 0. The van der Waals surface area contributed by atoms with Crippen LogP contribution in [0.4, 0.5) is 0 Å². The Morgan fingerprint density at radius 1 is 1.10 bits per heavy atom. The fourth-order valence-electron chi connectivity index (χ4n) is 1.33. The number of hydrazine groups is 1. The van der Waals surface area contributed by atoms with E-state index >= 15 is 0 Å². The van der Waals surface area contributed by atoms with Crippen LogP contribution in [0.2, 0.25) is 0 Å². The number of carbonyl (C=O) groups is 3. The first-order chi connectivity index (χ1) is 9.61. The first-order valence-corrected chi connectivity index (χ1v) is 6.09. The summed E-state index contributed by atoms with van der Waals surface area (Å²) in [5.41, 5.74) is 5.25. The third kappa shape index (κ3) is 6.34. The summed E-state index contributed by atoms with van der Waals surface area (Å²) in [5.74, 6) is -1.58. The van der Waals surface area contributed by atoms with Crippen molar-refractivity contribution in [1.82, 2.24) is 10.9 Å². The van der Waals surface area contributed by atoms with Gasteiger partial charge < -0.3 is 4.74 Å². The summed E-state index contributed by atoms with van der Waals surface area (Å²) in [6, 6.07) is 9.11. The van der Waals surface area contributed by atoms with Gasteiger partial charge in [-0.1, -0.05) is 30.3 Å². The molecule has 20 heavy (non-hydrogen) atoms. The number of hydrogen-bond donors (Lipinski definition) is 2. The lowest BCUT2D eigenvalue weighted by Gasteiger charge is -2.05. The fraction of sp³-hybridized carbons (Fsp3) is 0.214. The summed E-state index contributed by atoms with van der Waals surface area (Å²) >= 11 is 0. The van der Waals surface area contributed by atoms with Gasteiger partial charge in [-0.2, -0.15) is 0 Å². The van der Waals surface area contributed by atoms with Crippen molar-refractivity contribution in [3.05, 3.63) is 48.0 Å². The predicted molar refractivity (Wildman–Crippen MR) is 72.2 cm³/mol. The predicted octanol–water partition coefficient (Wildman–Crippen LogP) is 0.496. The zero-order valence-electron chi connectivity index (χ0n) is 11.1. The summed E-state index contributed by atoms with van der Waals surface area (Å²) in [6.45, 7) is 1.90. The molecule has 0 saturated heterocycles. The number of nitrogens with one attached hydrogen (secondary N) is 2. The van der Waals surface area contributed by atoms with Gasteiger partial charge in [0.1, 0.15) is 0 Å². The molecule has 2 amide bonds. The molecule has 0 fully saturated rings. The number of hydrogen-bond acceptors (Lipinski definition) is 4. The van der Waals surface area contributed by atoms with Crippen molar-refractivity contribution in [3.8, 4) is 0 Å². The van der Waals surface area contributed by atoms with Gasteiger partial charge in [0.15, 0.2) is 0 Å². The van der Waals surface area contributed by atoms with Crippen molar-refractivity contribution in [3.63, 3.8) is 0 Å². The minimum atomic E-state index is -0.613. The average Bonchev–Trinajstić information content (AvgIpc) is 2.44. The van der Waals surface area contributed by atoms with Crippen LogP contribution in [0, 0.1) is 0 Å². The van der Waals surface area contributed by atoms with Crippen molar-refractivity contribution >= 4 is 17.8 Å². The fourth-order valence-corrected chi connectivity index (χ4v) is 1.33. The smallest absolute Gasteiger partial charge is 0.330 e. The van der Waals surface area contributed by atoms with Gasteiger partial charge in [-0.05, 0) is 12.5 Å². The van der Waals surface area contributed by atoms with Gasteiger partial charge in [0.25, 0.3) is 5.91 Å². The Balaban J connectivity index is 2.30. The van der Waals surface area contributed by atoms with Crippen molar-refractivity contribution in [1.29, 1.82) is 0 Å². The Bertz CT molecular complexity index is 497. The summed E-state index contributed by atoms with van der Waals surface area (Å²) in [7, 11) is 0. The van der Waals surface area contributed by atoms with Crippen LogP contribution in [0.1, 0.15) is 12.5 Å². The molecule has 1 aromatic carbocycles. The maximum Gasteiger partial charge on any atom is 0.330 e. The van der Waals surface area contributed by atoms with Crippen molar-refractivity contribution in [2.24, 2.45) is 0 Å². The molecule has 0 aliphatic carbocycles. The van der Waals surface area contributed by atoms with E-state index in [1.165, 1.54) is 0 Å². The SMILES string of the molecule is CCOC(=O)/C=C\C(=O)NNC(=O)Cc1ccccc1. The van der Waals surface area contributed by atoms with Crippen molar-refractivity contribution in [2.75, 3.05) is 6.61 Å². The van der Waals surface area contributed by atoms with Crippen LogP contribution in [0.5, 0.6) is 0 Å². The highest BCUT2D eigenvalue weighted by Crippen LogP contribution is 1.98. The number of esters is 1. The average molecular weight is 276 g/mol. The van der Waals surface area contributed by atoms with E-state index in [9.17, 15) is 14.4 Å². The van der Waals surface area contributed by atoms with E-state index in [1.807, 2.05) is 30.3 Å². The van der Waals surface area contributed by atoms with E-state index in [1.54, 1.807) is 6.92 Å². The second-order valence-corrected chi connectivity index (χ2v) is 3.79. The maximum atomic E-state index is 11.5. The number of ether oxygens (including phenoxy) is 1. The van der Waals surface area contributed by atoms with Crippen LogP contribution in [0.25, 0.3) is 0 Å². The molecule has 0 heterocycles. The molecule has 0 unspecified atom stereocenters. The first kappa shape index (κ1) is 15.4. The molecule has 2 N–H and O–H groups in total. The minimum Gasteiger partial charge on any atom is -0.463 e. The molecule has 6 nitrogen and oxygen atoms in total. The molecule has 1 rings (SSSR count). The van der Waals surface area contributed by atoms with Crippen LogP contribution >= 0.6 is 0 Å². The van der Waals surface area contributed by atoms with Gasteiger partial charge in [0.05, 0.1) is 13.0 Å². The van der Waals surface area contributed by atoms with Gasteiger partial charge >= 0.3 is 5.97 Å². The Labute approximate surface area is 116 Å². The molecular weight excluding hydrogens is 260 g/mol. The molecule has 0 radical (unpaired) electrons. The standard InChI is InChI=1S/C14H16N2O4/c1-2-20-14(19)9-8-12(17)15-16-13(18)10-11-6-4-3-5-7-11/h3-9H,2,10H2,1H3,(H,15,17)(H,16,18)/b9-8-. The van der Waals surface area contributed by atoms with Gasteiger partial charge in [0.2, 0.25) is 5.91 Å². The zero-order chi connectivity index (χ0) is 14.8. The highest BCUT2D eigenvalue weighted by molar-refractivity contribution is 5.95. The quantitative estimate of drug-likeness (QED) is 0.466. The van der Waals surface area contributed by atoms with Crippen molar-refractivity contribution in [2.45, 2.75) is 13.3 Å². The highest BCUT2D eigenvalue weighted by atomic mass is 16.5. The van der Waals surface area contributed by atoms with E-state index in [0.29, 0.717) is 0 Å². The second-order valence-electron chi connectivity index (χ2n) is 3.79. The van der Waals surface area contributed by atoms with Crippen molar-refractivity contribution < 1.29 is 19.1 Å². The largest absolute Gasteiger partial charge is 0.463 e. The lowest BCUT2D eigenvalue weighted by Crippen LogP contribution is -2.41. The van der Waals surface area contributed by atoms with E-state index in [4.69, 9.17) is 0 Å². The Kier molecular flexibility index (Phi) is 6.53. The van der Waals surface area contributed by atoms with Gasteiger partial charge in [-0.3, -0.25) is 20.4 Å². The number of benzene rings is 1. The minimum absolute atomic E-state index is 0.155. The molecule has 0 aliphatic heterocycles. The van der Waals surface area contributed by atoms with Gasteiger partial charge in [-0.25, -0.2) is 4.79 Å². The van der Waals surface area contributed by atoms with Gasteiger partial charge in [-0.15, -0.1) is 0 Å². The molecule has 1 aromatic rings. The monoisotopic (exact) mass is 276 g/mol. The highest BCUT2D eigenvalue weighted by Gasteiger charge is 2.04. The molecule has 6 heteroatoms. The van der Waals surface area contributed by atoms with Crippen LogP contribution in [0.3, 0.4) is 0 Å². The van der Waals surface area contributed by atoms with E-state index in [2.05, 4.69) is 15.6 Å². The topological polar surface area (TPSA) is 84.5 Å². The second kappa shape index (κ2) is 8.47. The summed E-state index contributed by atoms with van der Waals surface area (Å²) < 4.78 is 4.60. The molecule has 0 atom stereocenters. The van der Waals surface area contributed by atoms with E-state index in [-0.39, 0.29) is 18.9 Å². The Morgan fingerprint density at radius 2 is 1.80 bits per heavy atom. The Hall–Kier alpha value is -2.63. The molecular formula is C14H16N2O4. The summed E-state index contributed by atoms with van der Waals surface area (Å²) in [4.78, 5) is 33.8. The lowest BCUT2D eigenvalue weighted by atomic mass is 10.1.